The Morgan fingerprint density at radius 2 is 1.93 bits per heavy atom. The van der Waals surface area contributed by atoms with Crippen molar-refractivity contribution in [3.05, 3.63) is 81.6 Å². The number of carbonyl (C=O) groups is 1. The molecule has 0 saturated heterocycles. The fourth-order valence-corrected chi connectivity index (χ4v) is 3.10. The molecule has 0 bridgehead atoms. The molecular formula is C21H20F2N2O3. The van der Waals surface area contributed by atoms with Gasteiger partial charge in [-0.15, -0.1) is 0 Å². The highest BCUT2D eigenvalue weighted by Gasteiger charge is 2.24. The van der Waals surface area contributed by atoms with Crippen LogP contribution in [0.5, 0.6) is 0 Å². The average Bonchev–Trinajstić information content (AvgIpc) is 2.66. The molecule has 3 rings (SSSR count). The molecule has 1 amide bonds. The molecule has 0 aliphatic carbocycles. The van der Waals surface area contributed by atoms with E-state index < -0.39 is 23.0 Å². The zero-order chi connectivity index (χ0) is 20.3. The Hall–Kier alpha value is -3.06. The number of pyridine rings is 1. The first kappa shape index (κ1) is 19.7. The Morgan fingerprint density at radius 3 is 2.64 bits per heavy atom. The minimum atomic E-state index is -0.620. The molecule has 1 heterocycles. The van der Waals surface area contributed by atoms with Gasteiger partial charge in [-0.25, -0.2) is 8.78 Å². The van der Waals surface area contributed by atoms with Crippen molar-refractivity contribution in [3.8, 4) is 0 Å². The number of benzene rings is 2. The molecule has 28 heavy (non-hydrogen) atoms. The maximum atomic E-state index is 14.1. The Morgan fingerprint density at radius 1 is 1.18 bits per heavy atom. The summed E-state index contributed by atoms with van der Waals surface area (Å²) in [6.45, 7) is 2.13. The molecule has 0 aliphatic heterocycles. The highest BCUT2D eigenvalue weighted by molar-refractivity contribution is 5.95. The van der Waals surface area contributed by atoms with Crippen molar-refractivity contribution in [1.82, 2.24) is 9.88 Å². The summed E-state index contributed by atoms with van der Waals surface area (Å²) >= 11 is 0. The zero-order valence-corrected chi connectivity index (χ0v) is 15.5. The van der Waals surface area contributed by atoms with Gasteiger partial charge in [0.05, 0.1) is 18.2 Å². The third-order valence-corrected chi connectivity index (χ3v) is 4.49. The van der Waals surface area contributed by atoms with Gasteiger partial charge in [0.2, 0.25) is 0 Å². The van der Waals surface area contributed by atoms with E-state index in [0.29, 0.717) is 5.56 Å². The first-order valence-electron chi connectivity index (χ1n) is 8.76. The van der Waals surface area contributed by atoms with Gasteiger partial charge < -0.3 is 14.6 Å². The summed E-state index contributed by atoms with van der Waals surface area (Å²) in [6, 6.07) is 10.8. The number of methoxy groups -OCH3 is 1. The van der Waals surface area contributed by atoms with Gasteiger partial charge in [-0.05, 0) is 36.8 Å². The van der Waals surface area contributed by atoms with Crippen molar-refractivity contribution >= 4 is 16.8 Å². The van der Waals surface area contributed by atoms with Crippen LogP contribution in [-0.4, -0.2) is 35.5 Å². The fraction of sp³-hybridized carbons (Fsp3) is 0.238. The van der Waals surface area contributed by atoms with Crippen molar-refractivity contribution < 1.29 is 18.3 Å². The largest absolute Gasteiger partial charge is 0.383 e. The molecule has 0 aliphatic rings. The number of fused-ring (bicyclic) bond motifs is 1. The molecule has 3 aromatic rings. The van der Waals surface area contributed by atoms with E-state index >= 15 is 0 Å². The van der Waals surface area contributed by atoms with Crippen molar-refractivity contribution in [3.63, 3.8) is 0 Å². The third kappa shape index (κ3) is 4.09. The summed E-state index contributed by atoms with van der Waals surface area (Å²) in [7, 11) is 1.51. The van der Waals surface area contributed by atoms with E-state index in [4.69, 9.17) is 4.74 Å². The number of hydrogen-bond acceptors (Lipinski definition) is 3. The second kappa shape index (κ2) is 8.31. The molecule has 1 atom stereocenters. The monoisotopic (exact) mass is 386 g/mol. The predicted molar refractivity (Wildman–Crippen MR) is 102 cm³/mol. The van der Waals surface area contributed by atoms with Gasteiger partial charge in [0.1, 0.15) is 17.3 Å². The maximum Gasteiger partial charge on any atom is 0.271 e. The number of hydrogen-bond donors (Lipinski definition) is 1. The number of halogens is 2. The summed E-state index contributed by atoms with van der Waals surface area (Å²) in [5.41, 5.74) is 0.0673. The van der Waals surface area contributed by atoms with E-state index in [1.54, 1.807) is 19.1 Å². The average molecular weight is 386 g/mol. The van der Waals surface area contributed by atoms with Gasteiger partial charge in [0.25, 0.3) is 5.91 Å². The Balaban J connectivity index is 2.02. The molecule has 0 fully saturated rings. The number of carbonyl (C=O) groups excluding carboxylic acids is 1. The van der Waals surface area contributed by atoms with E-state index in [1.807, 2.05) is 0 Å². The summed E-state index contributed by atoms with van der Waals surface area (Å²) in [5, 5.41) is 0.165. The van der Waals surface area contributed by atoms with Gasteiger partial charge in [-0.2, -0.15) is 0 Å². The van der Waals surface area contributed by atoms with E-state index in [9.17, 15) is 18.4 Å². The summed E-state index contributed by atoms with van der Waals surface area (Å²) < 4.78 is 32.8. The zero-order valence-electron chi connectivity index (χ0n) is 15.5. The molecule has 2 aromatic carbocycles. The highest BCUT2D eigenvalue weighted by Crippen LogP contribution is 2.17. The van der Waals surface area contributed by atoms with Crippen molar-refractivity contribution in [1.29, 1.82) is 0 Å². The summed E-state index contributed by atoms with van der Waals surface area (Å²) in [5.74, 6) is -1.53. The van der Waals surface area contributed by atoms with Gasteiger partial charge >= 0.3 is 0 Å². The minimum Gasteiger partial charge on any atom is -0.383 e. The van der Waals surface area contributed by atoms with E-state index in [-0.39, 0.29) is 35.8 Å². The number of amides is 1. The maximum absolute atomic E-state index is 14.1. The molecule has 0 spiro atoms. The van der Waals surface area contributed by atoms with Crippen LogP contribution < -0.4 is 5.43 Å². The van der Waals surface area contributed by atoms with Crippen LogP contribution in [0.1, 0.15) is 23.0 Å². The number of rotatable bonds is 6. The lowest BCUT2D eigenvalue weighted by Crippen LogP contribution is -2.41. The molecule has 5 nitrogen and oxygen atoms in total. The smallest absolute Gasteiger partial charge is 0.271 e. The minimum absolute atomic E-state index is 0.0246. The third-order valence-electron chi connectivity index (χ3n) is 4.49. The Kier molecular flexibility index (Phi) is 5.84. The molecule has 1 aromatic heterocycles. The van der Waals surface area contributed by atoms with E-state index in [2.05, 4.69) is 4.98 Å². The van der Waals surface area contributed by atoms with Crippen LogP contribution in [0.25, 0.3) is 10.9 Å². The lowest BCUT2D eigenvalue weighted by molar-refractivity contribution is 0.0536. The van der Waals surface area contributed by atoms with E-state index in [0.717, 1.165) is 6.07 Å². The number of aromatic amines is 1. The highest BCUT2D eigenvalue weighted by atomic mass is 19.1. The van der Waals surface area contributed by atoms with Gasteiger partial charge in [-0.3, -0.25) is 9.59 Å². The first-order chi connectivity index (χ1) is 13.4. The molecule has 0 saturated carbocycles. The van der Waals surface area contributed by atoms with Crippen molar-refractivity contribution in [2.45, 2.75) is 19.5 Å². The quantitative estimate of drug-likeness (QED) is 0.706. The topological polar surface area (TPSA) is 62.4 Å². The van der Waals surface area contributed by atoms with E-state index in [1.165, 1.54) is 42.3 Å². The number of H-pyrrole nitrogens is 1. The fourth-order valence-electron chi connectivity index (χ4n) is 3.10. The van der Waals surface area contributed by atoms with Gasteiger partial charge in [-0.1, -0.05) is 18.2 Å². The Labute approximate surface area is 160 Å². The second-order valence-corrected chi connectivity index (χ2v) is 6.58. The normalized spacial score (nSPS) is 12.1. The molecular weight excluding hydrogens is 366 g/mol. The van der Waals surface area contributed by atoms with Crippen LogP contribution in [-0.2, 0) is 11.3 Å². The van der Waals surface area contributed by atoms with Gasteiger partial charge in [0, 0.05) is 25.1 Å². The summed E-state index contributed by atoms with van der Waals surface area (Å²) in [4.78, 5) is 29.7. The molecule has 0 radical (unpaired) electrons. The van der Waals surface area contributed by atoms with Crippen LogP contribution in [0, 0.1) is 11.6 Å². The molecule has 1 unspecified atom stereocenters. The number of nitrogens with one attached hydrogen (secondary N) is 1. The molecule has 7 heteroatoms. The summed E-state index contributed by atoms with van der Waals surface area (Å²) in [6.07, 6.45) is 0. The number of ether oxygens (including phenoxy) is 1. The lowest BCUT2D eigenvalue weighted by atomic mass is 10.1. The number of aromatic nitrogens is 1. The predicted octanol–water partition coefficient (Wildman–Crippen LogP) is 3.48. The SMILES string of the molecule is COCC(C)N(Cc1cccc(F)c1)C(=O)c1cc(=O)c2cccc(F)c2[nH]1. The van der Waals surface area contributed by atoms with Crippen LogP contribution in [0.15, 0.2) is 53.3 Å². The molecule has 1 N–H and O–H groups in total. The lowest BCUT2D eigenvalue weighted by Gasteiger charge is -2.29. The number of para-hydroxylation sites is 1. The van der Waals surface area contributed by atoms with Crippen LogP contribution in [0.4, 0.5) is 8.78 Å². The van der Waals surface area contributed by atoms with Crippen molar-refractivity contribution in [2.75, 3.05) is 13.7 Å². The van der Waals surface area contributed by atoms with Crippen LogP contribution in [0.2, 0.25) is 0 Å². The standard InChI is InChI=1S/C21H20F2N2O3/c1-13(12-28-2)25(11-14-5-3-6-15(22)9-14)21(27)18-10-19(26)16-7-4-8-17(23)20(16)24-18/h3-10,13H,11-12H2,1-2H3,(H,24,26). The first-order valence-corrected chi connectivity index (χ1v) is 8.76. The molecule has 146 valence electrons. The number of nitrogens with zero attached hydrogens (tertiary/aromatic N) is 1. The van der Waals surface area contributed by atoms with Gasteiger partial charge in [0.15, 0.2) is 5.43 Å². The Bertz CT molecular complexity index is 1060. The van der Waals surface area contributed by atoms with Crippen molar-refractivity contribution in [2.24, 2.45) is 0 Å². The second-order valence-electron chi connectivity index (χ2n) is 6.58. The van der Waals surface area contributed by atoms with Crippen LogP contribution in [0.3, 0.4) is 0 Å². The van der Waals surface area contributed by atoms with Crippen LogP contribution >= 0.6 is 0 Å².